The minimum atomic E-state index is -0.186. The first-order valence-corrected chi connectivity index (χ1v) is 11.9. The van der Waals surface area contributed by atoms with Crippen molar-refractivity contribution in [3.05, 3.63) is 29.8 Å². The Hall–Kier alpha value is -2.04. The molecule has 2 amide bonds. The zero-order valence-electron chi connectivity index (χ0n) is 18.1. The van der Waals surface area contributed by atoms with Gasteiger partial charge in [0.25, 0.3) is 0 Å². The van der Waals surface area contributed by atoms with Gasteiger partial charge in [0.05, 0.1) is 19.2 Å². The Morgan fingerprint density at radius 2 is 1.70 bits per heavy atom. The minimum Gasteiger partial charge on any atom is -0.494 e. The van der Waals surface area contributed by atoms with E-state index in [0.29, 0.717) is 6.61 Å². The number of nitrogens with zero attached hydrogens (tertiary/aromatic N) is 1. The number of rotatable bonds is 6. The third kappa shape index (κ3) is 3.61. The van der Waals surface area contributed by atoms with E-state index in [2.05, 4.69) is 17.4 Å². The van der Waals surface area contributed by atoms with Crippen LogP contribution in [0, 0.1) is 23.2 Å². The highest BCUT2D eigenvalue weighted by Gasteiger charge is 2.54. The monoisotopic (exact) mass is 410 g/mol. The molecule has 5 fully saturated rings. The molecule has 1 aromatic rings. The van der Waals surface area contributed by atoms with Gasteiger partial charge in [0, 0.05) is 12.0 Å². The number of carbonyl (C=O) groups excluding carboxylic acids is 2. The molecule has 1 atom stereocenters. The minimum absolute atomic E-state index is 0.0458. The standard InChI is InChI=1S/C25H34N2O3/c1-2-30-21-7-5-20(6-8-21)22-4-3-9-27(22)23(28)16-26-24(29)25-13-17-10-18(14-25)12-19(11-17)15-25/h5-8,17-19,22H,2-4,9-16H2,1H3,(H,26,29). The van der Waals surface area contributed by atoms with E-state index in [1.165, 1.54) is 19.3 Å². The van der Waals surface area contributed by atoms with Crippen LogP contribution in [0.1, 0.15) is 69.9 Å². The molecule has 4 bridgehead atoms. The number of ether oxygens (including phenoxy) is 1. The number of hydrogen-bond acceptors (Lipinski definition) is 3. The molecule has 1 saturated heterocycles. The quantitative estimate of drug-likeness (QED) is 0.769. The summed E-state index contributed by atoms with van der Waals surface area (Å²) in [6.45, 7) is 3.53. The summed E-state index contributed by atoms with van der Waals surface area (Å²) in [5.41, 5.74) is 0.964. The molecule has 1 aromatic carbocycles. The molecule has 5 nitrogen and oxygen atoms in total. The smallest absolute Gasteiger partial charge is 0.242 e. The zero-order chi connectivity index (χ0) is 20.7. The van der Waals surface area contributed by atoms with Crippen LogP contribution in [0.4, 0.5) is 0 Å². The van der Waals surface area contributed by atoms with Crippen LogP contribution in [0.3, 0.4) is 0 Å². The molecule has 1 aliphatic heterocycles. The van der Waals surface area contributed by atoms with Gasteiger partial charge in [-0.25, -0.2) is 0 Å². The van der Waals surface area contributed by atoms with Gasteiger partial charge in [-0.3, -0.25) is 9.59 Å². The van der Waals surface area contributed by atoms with E-state index < -0.39 is 0 Å². The highest BCUT2D eigenvalue weighted by atomic mass is 16.5. The Kier molecular flexibility index (Phi) is 5.24. The predicted molar refractivity (Wildman–Crippen MR) is 115 cm³/mol. The Morgan fingerprint density at radius 3 is 2.30 bits per heavy atom. The van der Waals surface area contributed by atoms with Gasteiger partial charge < -0.3 is 15.0 Å². The van der Waals surface area contributed by atoms with Crippen LogP contribution in [0.15, 0.2) is 24.3 Å². The number of amides is 2. The van der Waals surface area contributed by atoms with Crippen LogP contribution >= 0.6 is 0 Å². The SMILES string of the molecule is CCOc1ccc(C2CCCN2C(=O)CNC(=O)C23CC4CC(CC(C4)C2)C3)cc1. The van der Waals surface area contributed by atoms with Gasteiger partial charge in [0.15, 0.2) is 0 Å². The third-order valence-corrected chi connectivity index (χ3v) is 8.07. The molecule has 1 heterocycles. The van der Waals surface area contributed by atoms with E-state index in [1.54, 1.807) is 0 Å². The van der Waals surface area contributed by atoms with Crippen molar-refractivity contribution >= 4 is 11.8 Å². The van der Waals surface area contributed by atoms with Crippen molar-refractivity contribution in [2.75, 3.05) is 19.7 Å². The Balaban J connectivity index is 1.20. The van der Waals surface area contributed by atoms with Crippen LogP contribution in [0.2, 0.25) is 0 Å². The highest BCUT2D eigenvalue weighted by molar-refractivity contribution is 5.88. The molecule has 6 rings (SSSR count). The summed E-state index contributed by atoms with van der Waals surface area (Å²) in [4.78, 5) is 28.1. The van der Waals surface area contributed by atoms with Crippen LogP contribution in [-0.4, -0.2) is 36.4 Å². The zero-order valence-corrected chi connectivity index (χ0v) is 18.1. The second kappa shape index (κ2) is 7.90. The van der Waals surface area contributed by atoms with Crippen molar-refractivity contribution in [2.45, 2.75) is 64.3 Å². The summed E-state index contributed by atoms with van der Waals surface area (Å²) in [5.74, 6) is 3.26. The van der Waals surface area contributed by atoms with Crippen molar-refractivity contribution in [1.29, 1.82) is 0 Å². The molecule has 1 N–H and O–H groups in total. The van der Waals surface area contributed by atoms with Gasteiger partial charge in [-0.2, -0.15) is 0 Å². The van der Waals surface area contributed by atoms with E-state index in [4.69, 9.17) is 4.74 Å². The van der Waals surface area contributed by atoms with Crippen molar-refractivity contribution in [1.82, 2.24) is 10.2 Å². The maximum atomic E-state index is 13.2. The molecule has 1 unspecified atom stereocenters. The van der Waals surface area contributed by atoms with Gasteiger partial charge in [-0.1, -0.05) is 12.1 Å². The Labute approximate surface area is 179 Å². The molecule has 0 radical (unpaired) electrons. The fourth-order valence-electron chi connectivity index (χ4n) is 7.20. The second-order valence-corrected chi connectivity index (χ2v) is 10.1. The number of benzene rings is 1. The van der Waals surface area contributed by atoms with Gasteiger partial charge in [0.2, 0.25) is 11.8 Å². The number of carbonyl (C=O) groups is 2. The average Bonchev–Trinajstić information content (AvgIpc) is 3.21. The third-order valence-electron chi connectivity index (χ3n) is 8.07. The van der Waals surface area contributed by atoms with Gasteiger partial charge in [-0.05, 0) is 93.7 Å². The van der Waals surface area contributed by atoms with Gasteiger partial charge in [0.1, 0.15) is 5.75 Å². The van der Waals surface area contributed by atoms with E-state index >= 15 is 0 Å². The molecular formula is C25H34N2O3. The van der Waals surface area contributed by atoms with E-state index in [0.717, 1.165) is 67.7 Å². The molecule has 5 aliphatic rings. The maximum Gasteiger partial charge on any atom is 0.242 e. The van der Waals surface area contributed by atoms with Crippen molar-refractivity contribution in [3.8, 4) is 5.75 Å². The lowest BCUT2D eigenvalue weighted by Crippen LogP contribution is -2.54. The normalized spacial score (nSPS) is 34.2. The first kappa shape index (κ1) is 19.9. The fraction of sp³-hybridized carbons (Fsp3) is 0.680. The summed E-state index contributed by atoms with van der Waals surface area (Å²) in [6, 6.07) is 8.19. The van der Waals surface area contributed by atoms with Gasteiger partial charge >= 0.3 is 0 Å². The predicted octanol–water partition coefficient (Wildman–Crippen LogP) is 4.08. The lowest BCUT2D eigenvalue weighted by Gasteiger charge is -2.55. The van der Waals surface area contributed by atoms with E-state index in [-0.39, 0.29) is 29.8 Å². The van der Waals surface area contributed by atoms with Crippen LogP contribution in [0.5, 0.6) is 5.75 Å². The topological polar surface area (TPSA) is 58.6 Å². The van der Waals surface area contributed by atoms with Crippen LogP contribution < -0.4 is 10.1 Å². The summed E-state index contributed by atoms with van der Waals surface area (Å²) < 4.78 is 5.54. The Bertz CT molecular complexity index is 768. The first-order chi connectivity index (χ1) is 14.6. The molecule has 5 heteroatoms. The number of nitrogens with one attached hydrogen (secondary N) is 1. The molecular weight excluding hydrogens is 376 g/mol. The van der Waals surface area contributed by atoms with Crippen molar-refractivity contribution < 1.29 is 14.3 Å². The van der Waals surface area contributed by atoms with Crippen molar-refractivity contribution in [3.63, 3.8) is 0 Å². The maximum absolute atomic E-state index is 13.2. The van der Waals surface area contributed by atoms with Crippen molar-refractivity contribution in [2.24, 2.45) is 23.2 Å². The fourth-order valence-corrected chi connectivity index (χ4v) is 7.20. The molecule has 4 saturated carbocycles. The molecule has 4 aliphatic carbocycles. The largest absolute Gasteiger partial charge is 0.494 e. The highest BCUT2D eigenvalue weighted by Crippen LogP contribution is 2.60. The average molecular weight is 411 g/mol. The summed E-state index contributed by atoms with van der Waals surface area (Å²) in [6.07, 6.45) is 9.07. The summed E-state index contributed by atoms with van der Waals surface area (Å²) in [5, 5.41) is 3.06. The molecule has 0 aromatic heterocycles. The van der Waals surface area contributed by atoms with E-state index in [9.17, 15) is 9.59 Å². The van der Waals surface area contributed by atoms with Gasteiger partial charge in [-0.15, -0.1) is 0 Å². The first-order valence-electron chi connectivity index (χ1n) is 11.9. The van der Waals surface area contributed by atoms with E-state index in [1.807, 2.05) is 24.0 Å². The lowest BCUT2D eigenvalue weighted by atomic mass is 9.49. The lowest BCUT2D eigenvalue weighted by molar-refractivity contribution is -0.148. The second-order valence-electron chi connectivity index (χ2n) is 10.1. The summed E-state index contributed by atoms with van der Waals surface area (Å²) in [7, 11) is 0. The Morgan fingerprint density at radius 1 is 1.07 bits per heavy atom. The summed E-state index contributed by atoms with van der Waals surface area (Å²) >= 11 is 0. The molecule has 30 heavy (non-hydrogen) atoms. The van der Waals surface area contributed by atoms with Crippen LogP contribution in [-0.2, 0) is 9.59 Å². The van der Waals surface area contributed by atoms with Crippen LogP contribution in [0.25, 0.3) is 0 Å². The number of likely N-dealkylation sites (tertiary alicyclic amines) is 1. The number of hydrogen-bond donors (Lipinski definition) is 1. The molecule has 0 spiro atoms. The molecule has 162 valence electrons.